The third kappa shape index (κ3) is 3.75. The van der Waals surface area contributed by atoms with E-state index < -0.39 is 0 Å². The number of aromatic nitrogens is 1. The van der Waals surface area contributed by atoms with Gasteiger partial charge in [0, 0.05) is 42.2 Å². The van der Waals surface area contributed by atoms with Crippen LogP contribution >= 0.6 is 11.6 Å². The number of amides is 1. The molecule has 2 aliphatic heterocycles. The van der Waals surface area contributed by atoms with E-state index in [1.807, 2.05) is 42.5 Å². The summed E-state index contributed by atoms with van der Waals surface area (Å²) in [4.78, 5) is 18.9. The summed E-state index contributed by atoms with van der Waals surface area (Å²) < 4.78 is 6.07. The van der Waals surface area contributed by atoms with Crippen LogP contribution in [-0.4, -0.2) is 34.0 Å². The van der Waals surface area contributed by atoms with Gasteiger partial charge < -0.3 is 9.64 Å². The fourth-order valence-electron chi connectivity index (χ4n) is 4.02. The summed E-state index contributed by atoms with van der Waals surface area (Å²) in [5.74, 6) is 0.895. The minimum Gasteiger partial charge on any atom is -0.489 e. The maximum Gasteiger partial charge on any atom is 0.247 e. The second kappa shape index (κ2) is 7.50. The highest BCUT2D eigenvalue weighted by Crippen LogP contribution is 2.37. The van der Waals surface area contributed by atoms with Crippen molar-refractivity contribution in [1.29, 1.82) is 0 Å². The highest BCUT2D eigenvalue weighted by atomic mass is 35.5. The number of fused-ring (bicyclic) bond motifs is 2. The third-order valence-corrected chi connectivity index (χ3v) is 5.42. The summed E-state index contributed by atoms with van der Waals surface area (Å²) in [5.41, 5.74) is 0.977. The predicted octanol–water partition coefficient (Wildman–Crippen LogP) is 4.35. The van der Waals surface area contributed by atoms with Gasteiger partial charge in [0.05, 0.1) is 6.20 Å². The molecule has 4 nitrogen and oxygen atoms in total. The monoisotopic (exact) mass is 368 g/mol. The summed E-state index contributed by atoms with van der Waals surface area (Å²) in [6.07, 6.45) is 11.0. The molecule has 2 aromatic rings. The average Bonchev–Trinajstić information content (AvgIpc) is 2.93. The van der Waals surface area contributed by atoms with Crippen LogP contribution < -0.4 is 4.74 Å². The molecule has 2 atom stereocenters. The first-order valence-electron chi connectivity index (χ1n) is 9.01. The van der Waals surface area contributed by atoms with Crippen molar-refractivity contribution in [3.8, 4) is 5.75 Å². The number of hydrogen-bond acceptors (Lipinski definition) is 3. The van der Waals surface area contributed by atoms with Gasteiger partial charge in [0.2, 0.25) is 5.91 Å². The van der Waals surface area contributed by atoms with Crippen LogP contribution in [0.15, 0.2) is 54.9 Å². The molecular formula is C21H21ClN2O2. The second-order valence-electron chi connectivity index (χ2n) is 6.92. The zero-order valence-corrected chi connectivity index (χ0v) is 15.2. The molecule has 0 aliphatic carbocycles. The molecule has 0 saturated carbocycles. The minimum atomic E-state index is 0.0901. The summed E-state index contributed by atoms with van der Waals surface area (Å²) in [7, 11) is 0. The molecular weight excluding hydrogens is 348 g/mol. The van der Waals surface area contributed by atoms with Crippen molar-refractivity contribution >= 4 is 23.6 Å². The molecule has 2 bridgehead atoms. The van der Waals surface area contributed by atoms with Gasteiger partial charge in [0.25, 0.3) is 0 Å². The van der Waals surface area contributed by atoms with Crippen molar-refractivity contribution in [2.45, 2.75) is 43.9 Å². The number of piperidine rings is 1. The fourth-order valence-corrected chi connectivity index (χ4v) is 4.15. The maximum absolute atomic E-state index is 12.7. The zero-order valence-electron chi connectivity index (χ0n) is 14.4. The number of carbonyl (C=O) groups is 1. The Kier molecular flexibility index (Phi) is 4.93. The molecule has 1 aromatic carbocycles. The molecule has 2 unspecified atom stereocenters. The van der Waals surface area contributed by atoms with E-state index in [9.17, 15) is 4.79 Å². The van der Waals surface area contributed by atoms with E-state index in [1.54, 1.807) is 18.5 Å². The van der Waals surface area contributed by atoms with Crippen molar-refractivity contribution in [1.82, 2.24) is 9.88 Å². The standard InChI is InChI=1S/C21H21ClN2O2/c22-16-6-3-15(4-7-16)5-10-21(25)24-17-8-9-18(24)13-20(12-17)26-19-2-1-11-23-14-19/h1-7,10-11,14,17-18,20H,8-9,12-13H2/b10-5+. The largest absolute Gasteiger partial charge is 0.489 e. The number of benzene rings is 1. The first-order valence-corrected chi connectivity index (χ1v) is 9.39. The summed E-state index contributed by atoms with van der Waals surface area (Å²) in [6, 6.07) is 11.8. The predicted molar refractivity (Wildman–Crippen MR) is 102 cm³/mol. The lowest BCUT2D eigenvalue weighted by Crippen LogP contribution is -2.48. The summed E-state index contributed by atoms with van der Waals surface area (Å²) in [6.45, 7) is 0. The number of rotatable bonds is 4. The Morgan fingerprint density at radius 1 is 1.15 bits per heavy atom. The topological polar surface area (TPSA) is 42.4 Å². The van der Waals surface area contributed by atoms with Gasteiger partial charge in [-0.05, 0) is 48.7 Å². The van der Waals surface area contributed by atoms with Gasteiger partial charge in [-0.15, -0.1) is 0 Å². The lowest BCUT2D eigenvalue weighted by Gasteiger charge is -2.38. The maximum atomic E-state index is 12.7. The molecule has 5 heteroatoms. The molecule has 2 fully saturated rings. The lowest BCUT2D eigenvalue weighted by atomic mass is 9.99. The molecule has 3 heterocycles. The van der Waals surface area contributed by atoms with Gasteiger partial charge in [0.15, 0.2) is 0 Å². The number of carbonyl (C=O) groups excluding carboxylic acids is 1. The van der Waals surface area contributed by atoms with Gasteiger partial charge in [-0.3, -0.25) is 9.78 Å². The molecule has 2 aliphatic rings. The highest BCUT2D eigenvalue weighted by molar-refractivity contribution is 6.30. The lowest BCUT2D eigenvalue weighted by molar-refractivity contribution is -0.131. The number of nitrogens with zero attached hydrogens (tertiary/aromatic N) is 2. The van der Waals surface area contributed by atoms with Crippen LogP contribution in [0.1, 0.15) is 31.2 Å². The summed E-state index contributed by atoms with van der Waals surface area (Å²) >= 11 is 5.90. The van der Waals surface area contributed by atoms with Gasteiger partial charge in [-0.1, -0.05) is 23.7 Å². The molecule has 134 valence electrons. The van der Waals surface area contributed by atoms with Crippen LogP contribution in [0.25, 0.3) is 6.08 Å². The van der Waals surface area contributed by atoms with Crippen molar-refractivity contribution in [2.75, 3.05) is 0 Å². The highest BCUT2D eigenvalue weighted by Gasteiger charge is 2.43. The van der Waals surface area contributed by atoms with E-state index >= 15 is 0 Å². The molecule has 0 spiro atoms. The van der Waals surface area contributed by atoms with Gasteiger partial charge in [-0.25, -0.2) is 0 Å². The van der Waals surface area contributed by atoms with Crippen molar-refractivity contribution < 1.29 is 9.53 Å². The quantitative estimate of drug-likeness (QED) is 0.753. The minimum absolute atomic E-state index is 0.0901. The Morgan fingerprint density at radius 3 is 2.54 bits per heavy atom. The van der Waals surface area contributed by atoms with Crippen LogP contribution in [0.3, 0.4) is 0 Å². The number of ether oxygens (including phenoxy) is 1. The number of halogens is 1. The summed E-state index contributed by atoms with van der Waals surface area (Å²) in [5, 5.41) is 0.696. The molecule has 2 saturated heterocycles. The Hall–Kier alpha value is -2.33. The van der Waals surface area contributed by atoms with E-state index in [0.717, 1.165) is 37.0 Å². The smallest absolute Gasteiger partial charge is 0.247 e. The Bertz CT molecular complexity index is 777. The second-order valence-corrected chi connectivity index (χ2v) is 7.35. The molecule has 1 amide bonds. The van der Waals surface area contributed by atoms with Crippen molar-refractivity contribution in [2.24, 2.45) is 0 Å². The van der Waals surface area contributed by atoms with Crippen LogP contribution in [0.2, 0.25) is 5.02 Å². The fraction of sp³-hybridized carbons (Fsp3) is 0.333. The van der Waals surface area contributed by atoms with Crippen molar-refractivity contribution in [3.05, 3.63) is 65.5 Å². The van der Waals surface area contributed by atoms with E-state index in [1.165, 1.54) is 0 Å². The molecule has 26 heavy (non-hydrogen) atoms. The SMILES string of the molecule is O=C(/C=C/c1ccc(Cl)cc1)N1C2CCC1CC(Oc1cccnc1)C2. The number of pyridine rings is 1. The molecule has 4 rings (SSSR count). The normalized spacial score (nSPS) is 24.8. The van der Waals surface area contributed by atoms with Crippen LogP contribution in [0, 0.1) is 0 Å². The Labute approximate surface area is 158 Å². The van der Waals surface area contributed by atoms with Gasteiger partial charge >= 0.3 is 0 Å². The van der Waals surface area contributed by atoms with Gasteiger partial charge in [-0.2, -0.15) is 0 Å². The first-order chi connectivity index (χ1) is 12.7. The third-order valence-electron chi connectivity index (χ3n) is 5.17. The molecule has 0 radical (unpaired) electrons. The molecule has 0 N–H and O–H groups in total. The Morgan fingerprint density at radius 2 is 1.88 bits per heavy atom. The van der Waals surface area contributed by atoms with Crippen LogP contribution in [-0.2, 0) is 4.79 Å². The zero-order chi connectivity index (χ0) is 17.9. The van der Waals surface area contributed by atoms with E-state index in [-0.39, 0.29) is 24.1 Å². The van der Waals surface area contributed by atoms with Crippen molar-refractivity contribution in [3.63, 3.8) is 0 Å². The van der Waals surface area contributed by atoms with E-state index in [4.69, 9.17) is 16.3 Å². The van der Waals surface area contributed by atoms with Crippen LogP contribution in [0.5, 0.6) is 5.75 Å². The van der Waals surface area contributed by atoms with Crippen LogP contribution in [0.4, 0.5) is 0 Å². The average molecular weight is 369 g/mol. The Balaban J connectivity index is 1.39. The van der Waals surface area contributed by atoms with E-state index in [2.05, 4.69) is 9.88 Å². The van der Waals surface area contributed by atoms with Gasteiger partial charge in [0.1, 0.15) is 11.9 Å². The molecule has 1 aromatic heterocycles. The first kappa shape index (κ1) is 17.1. The number of hydrogen-bond donors (Lipinski definition) is 0. The van der Waals surface area contributed by atoms with E-state index in [0.29, 0.717) is 5.02 Å².